The number of methoxy groups -OCH3 is 1. The van der Waals surface area contributed by atoms with E-state index >= 15 is 0 Å². The molecule has 2 N–H and O–H groups in total. The van der Waals surface area contributed by atoms with Gasteiger partial charge in [0.2, 0.25) is 0 Å². The molecule has 0 aromatic heterocycles. The van der Waals surface area contributed by atoms with Crippen LogP contribution in [0.1, 0.15) is 30.9 Å². The minimum Gasteiger partial charge on any atom is -0.496 e. The molecule has 0 spiro atoms. The van der Waals surface area contributed by atoms with Crippen LogP contribution in [0.15, 0.2) is 18.2 Å². The zero-order valence-electron chi connectivity index (χ0n) is 12.6. The lowest BCUT2D eigenvalue weighted by molar-refractivity contribution is 0.0792. The van der Waals surface area contributed by atoms with E-state index in [2.05, 4.69) is 35.3 Å². The molecule has 1 aliphatic heterocycles. The minimum atomic E-state index is -0.108. The molecule has 0 amide bonds. The Bertz CT molecular complexity index is 415. The van der Waals surface area contributed by atoms with E-state index in [4.69, 9.17) is 4.74 Å². The average Bonchev–Trinajstić information content (AvgIpc) is 2.48. The molecule has 1 heterocycles. The predicted molar refractivity (Wildman–Crippen MR) is 80.9 cm³/mol. The molecule has 0 unspecified atom stereocenters. The fourth-order valence-electron chi connectivity index (χ4n) is 2.63. The molecular weight excluding hydrogens is 252 g/mol. The predicted octanol–water partition coefficient (Wildman–Crippen LogP) is 1.76. The van der Waals surface area contributed by atoms with Crippen LogP contribution < -0.4 is 10.1 Å². The number of ether oxygens (including phenoxy) is 1. The number of likely N-dealkylation sites (tertiary alicyclic amines) is 1. The van der Waals surface area contributed by atoms with Crippen molar-refractivity contribution in [2.45, 2.75) is 39.0 Å². The van der Waals surface area contributed by atoms with Crippen molar-refractivity contribution >= 4 is 0 Å². The Morgan fingerprint density at radius 2 is 2.10 bits per heavy atom. The van der Waals surface area contributed by atoms with Gasteiger partial charge in [0.05, 0.1) is 13.2 Å². The Hall–Kier alpha value is -1.10. The highest BCUT2D eigenvalue weighted by Gasteiger charge is 2.17. The van der Waals surface area contributed by atoms with E-state index in [1.807, 2.05) is 0 Å². The van der Waals surface area contributed by atoms with Gasteiger partial charge < -0.3 is 15.2 Å². The van der Waals surface area contributed by atoms with E-state index in [9.17, 15) is 5.11 Å². The lowest BCUT2D eigenvalue weighted by atomic mass is 10.1. The van der Waals surface area contributed by atoms with E-state index in [1.165, 1.54) is 11.1 Å². The van der Waals surface area contributed by atoms with Gasteiger partial charge in [0.1, 0.15) is 5.75 Å². The standard InChI is InChI=1S/C16H26N2O2/c1-3-17-11-14-5-4-13(10-16(14)20-2)12-18-8-6-15(19)7-9-18/h4-5,10,15,17,19H,3,6-9,11-12H2,1-2H3. The number of hydrogen-bond donors (Lipinski definition) is 2. The van der Waals surface area contributed by atoms with Gasteiger partial charge in [0, 0.05) is 31.7 Å². The molecule has 0 saturated carbocycles. The molecule has 1 aromatic rings. The number of benzene rings is 1. The lowest BCUT2D eigenvalue weighted by Gasteiger charge is -2.29. The molecule has 1 aromatic carbocycles. The minimum absolute atomic E-state index is 0.108. The highest BCUT2D eigenvalue weighted by atomic mass is 16.5. The second-order valence-electron chi connectivity index (χ2n) is 5.43. The first kappa shape index (κ1) is 15.3. The molecule has 1 saturated heterocycles. The summed E-state index contributed by atoms with van der Waals surface area (Å²) in [5.41, 5.74) is 2.48. The van der Waals surface area contributed by atoms with Gasteiger partial charge in [-0.05, 0) is 31.0 Å². The van der Waals surface area contributed by atoms with E-state index in [1.54, 1.807) is 7.11 Å². The first-order chi connectivity index (χ1) is 9.72. The van der Waals surface area contributed by atoms with Gasteiger partial charge in [-0.3, -0.25) is 4.90 Å². The molecule has 1 aliphatic rings. The van der Waals surface area contributed by atoms with Crippen molar-refractivity contribution in [2.75, 3.05) is 26.7 Å². The van der Waals surface area contributed by atoms with Gasteiger partial charge in [-0.25, -0.2) is 0 Å². The van der Waals surface area contributed by atoms with Crippen LogP contribution in [0.4, 0.5) is 0 Å². The summed E-state index contributed by atoms with van der Waals surface area (Å²) in [7, 11) is 1.73. The maximum absolute atomic E-state index is 9.54. The number of nitrogens with one attached hydrogen (secondary N) is 1. The quantitative estimate of drug-likeness (QED) is 0.832. The molecule has 20 heavy (non-hydrogen) atoms. The second kappa shape index (κ2) is 7.62. The summed E-state index contributed by atoms with van der Waals surface area (Å²) in [6, 6.07) is 6.47. The topological polar surface area (TPSA) is 44.7 Å². The number of rotatable bonds is 6. The van der Waals surface area contributed by atoms with Crippen molar-refractivity contribution in [3.05, 3.63) is 29.3 Å². The smallest absolute Gasteiger partial charge is 0.123 e. The van der Waals surface area contributed by atoms with Gasteiger partial charge in [-0.2, -0.15) is 0 Å². The van der Waals surface area contributed by atoms with Crippen molar-refractivity contribution in [3.63, 3.8) is 0 Å². The van der Waals surface area contributed by atoms with E-state index < -0.39 is 0 Å². The van der Waals surface area contributed by atoms with Gasteiger partial charge in [0.25, 0.3) is 0 Å². The molecule has 112 valence electrons. The monoisotopic (exact) mass is 278 g/mol. The van der Waals surface area contributed by atoms with Crippen LogP contribution in [0.25, 0.3) is 0 Å². The summed E-state index contributed by atoms with van der Waals surface area (Å²) in [6.45, 7) is 6.79. The van der Waals surface area contributed by atoms with Gasteiger partial charge in [-0.1, -0.05) is 19.1 Å². The summed E-state index contributed by atoms with van der Waals surface area (Å²) < 4.78 is 5.49. The van der Waals surface area contributed by atoms with Crippen molar-refractivity contribution in [1.29, 1.82) is 0 Å². The van der Waals surface area contributed by atoms with E-state index in [0.29, 0.717) is 0 Å². The second-order valence-corrected chi connectivity index (χ2v) is 5.43. The van der Waals surface area contributed by atoms with Crippen molar-refractivity contribution < 1.29 is 9.84 Å². The average molecular weight is 278 g/mol. The van der Waals surface area contributed by atoms with Gasteiger partial charge in [0.15, 0.2) is 0 Å². The van der Waals surface area contributed by atoms with Gasteiger partial charge >= 0.3 is 0 Å². The summed E-state index contributed by atoms with van der Waals surface area (Å²) in [4.78, 5) is 2.39. The lowest BCUT2D eigenvalue weighted by Crippen LogP contribution is -2.35. The maximum Gasteiger partial charge on any atom is 0.123 e. The number of piperidine rings is 1. The third-order valence-electron chi connectivity index (χ3n) is 3.88. The summed E-state index contributed by atoms with van der Waals surface area (Å²) in [6.07, 6.45) is 1.66. The Morgan fingerprint density at radius 1 is 1.35 bits per heavy atom. The number of nitrogens with zero attached hydrogens (tertiary/aromatic N) is 1. The van der Waals surface area contributed by atoms with Crippen LogP contribution in [-0.2, 0) is 13.1 Å². The van der Waals surface area contributed by atoms with Crippen LogP contribution in [-0.4, -0.2) is 42.9 Å². The maximum atomic E-state index is 9.54. The summed E-state index contributed by atoms with van der Waals surface area (Å²) in [5.74, 6) is 0.959. The molecule has 0 atom stereocenters. The Kier molecular flexibility index (Phi) is 5.83. The SMILES string of the molecule is CCNCc1ccc(CN2CCC(O)CC2)cc1OC. The number of hydrogen-bond acceptors (Lipinski definition) is 4. The molecule has 0 aliphatic carbocycles. The first-order valence-corrected chi connectivity index (χ1v) is 7.50. The molecule has 0 radical (unpaired) electrons. The number of aliphatic hydroxyl groups is 1. The van der Waals surface area contributed by atoms with Crippen LogP contribution in [0.3, 0.4) is 0 Å². The summed E-state index contributed by atoms with van der Waals surface area (Å²) >= 11 is 0. The first-order valence-electron chi connectivity index (χ1n) is 7.50. The molecule has 1 fully saturated rings. The molecule has 4 nitrogen and oxygen atoms in total. The van der Waals surface area contributed by atoms with Crippen LogP contribution >= 0.6 is 0 Å². The Labute approximate surface area is 121 Å². The Balaban J connectivity index is 1.98. The highest BCUT2D eigenvalue weighted by molar-refractivity contribution is 5.37. The van der Waals surface area contributed by atoms with Gasteiger partial charge in [-0.15, -0.1) is 0 Å². The van der Waals surface area contributed by atoms with E-state index in [-0.39, 0.29) is 6.10 Å². The van der Waals surface area contributed by atoms with Crippen LogP contribution in [0.2, 0.25) is 0 Å². The normalized spacial score (nSPS) is 17.4. The van der Waals surface area contributed by atoms with Crippen LogP contribution in [0, 0.1) is 0 Å². The zero-order chi connectivity index (χ0) is 14.4. The van der Waals surface area contributed by atoms with Crippen molar-refractivity contribution in [3.8, 4) is 5.75 Å². The molecule has 2 rings (SSSR count). The fourth-order valence-corrected chi connectivity index (χ4v) is 2.63. The molecule has 0 bridgehead atoms. The Morgan fingerprint density at radius 3 is 2.75 bits per heavy atom. The van der Waals surface area contributed by atoms with Crippen molar-refractivity contribution in [2.24, 2.45) is 0 Å². The highest BCUT2D eigenvalue weighted by Crippen LogP contribution is 2.22. The molecular formula is C16H26N2O2. The van der Waals surface area contributed by atoms with E-state index in [0.717, 1.165) is 51.3 Å². The van der Waals surface area contributed by atoms with Crippen LogP contribution in [0.5, 0.6) is 5.75 Å². The number of aliphatic hydroxyl groups excluding tert-OH is 1. The molecule has 4 heteroatoms. The third-order valence-corrected chi connectivity index (χ3v) is 3.88. The zero-order valence-corrected chi connectivity index (χ0v) is 12.6. The largest absolute Gasteiger partial charge is 0.496 e. The fraction of sp³-hybridized carbons (Fsp3) is 0.625. The third kappa shape index (κ3) is 4.20. The summed E-state index contributed by atoms with van der Waals surface area (Å²) in [5, 5.41) is 12.9. The van der Waals surface area contributed by atoms with Crippen molar-refractivity contribution in [1.82, 2.24) is 10.2 Å².